The third-order valence-electron chi connectivity index (χ3n) is 3.61. The number of nitrogens with zero attached hydrogens (tertiary/aromatic N) is 3. The molecule has 0 bridgehead atoms. The van der Waals surface area contributed by atoms with E-state index >= 15 is 0 Å². The van der Waals surface area contributed by atoms with Crippen LogP contribution in [0.4, 0.5) is 0 Å². The van der Waals surface area contributed by atoms with Crippen molar-refractivity contribution in [1.82, 2.24) is 18.8 Å². The summed E-state index contributed by atoms with van der Waals surface area (Å²) in [6.45, 7) is 5.56. The van der Waals surface area contributed by atoms with Crippen LogP contribution in [0.15, 0.2) is 4.90 Å². The molecule has 1 fully saturated rings. The molecule has 1 aliphatic rings. The van der Waals surface area contributed by atoms with Gasteiger partial charge in [0.1, 0.15) is 4.90 Å². The topological polar surface area (TPSA) is 103 Å². The maximum atomic E-state index is 12.6. The van der Waals surface area contributed by atoms with Crippen molar-refractivity contribution in [3.63, 3.8) is 0 Å². The number of hydrogen-bond acceptors (Lipinski definition) is 5. The number of sulfonamides is 2. The molecule has 0 aromatic carbocycles. The zero-order chi connectivity index (χ0) is 15.8. The lowest BCUT2D eigenvalue weighted by molar-refractivity contribution is 0.273. The van der Waals surface area contributed by atoms with Crippen molar-refractivity contribution in [1.29, 1.82) is 0 Å². The van der Waals surface area contributed by atoms with Crippen LogP contribution in [0.5, 0.6) is 0 Å². The van der Waals surface area contributed by atoms with Crippen LogP contribution in [0.3, 0.4) is 0 Å². The van der Waals surface area contributed by atoms with Gasteiger partial charge in [-0.1, -0.05) is 0 Å². The summed E-state index contributed by atoms with van der Waals surface area (Å²) >= 11 is 0. The van der Waals surface area contributed by atoms with Crippen molar-refractivity contribution >= 4 is 20.0 Å². The highest BCUT2D eigenvalue weighted by molar-refractivity contribution is 7.89. The number of H-pyrrole nitrogens is 1. The van der Waals surface area contributed by atoms with Crippen molar-refractivity contribution < 1.29 is 16.8 Å². The van der Waals surface area contributed by atoms with Gasteiger partial charge < -0.3 is 0 Å². The quantitative estimate of drug-likeness (QED) is 0.812. The predicted molar refractivity (Wildman–Crippen MR) is 77.9 cm³/mol. The number of piperazine rings is 1. The number of hydrogen-bond donors (Lipinski definition) is 1. The van der Waals surface area contributed by atoms with E-state index < -0.39 is 20.0 Å². The summed E-state index contributed by atoms with van der Waals surface area (Å²) in [4.78, 5) is 0.189. The average Bonchev–Trinajstić information content (AvgIpc) is 2.79. The van der Waals surface area contributed by atoms with Gasteiger partial charge in [0.05, 0.1) is 17.1 Å². The zero-order valence-corrected chi connectivity index (χ0v) is 14.0. The van der Waals surface area contributed by atoms with Gasteiger partial charge in [-0.05, 0) is 20.8 Å². The summed E-state index contributed by atoms with van der Waals surface area (Å²) in [6, 6.07) is 0. The number of aromatic amines is 1. The standard InChI is InChI=1S/C11H20N4O4S2/c1-4-20(16,17)14-5-7-15(8-6-14)21(18,19)11-9(2)12-13-10(11)3/h4-8H2,1-3H3,(H,12,13). The molecule has 10 heteroatoms. The minimum atomic E-state index is -3.64. The Morgan fingerprint density at radius 1 is 1.05 bits per heavy atom. The number of aryl methyl sites for hydroxylation is 2. The van der Waals surface area contributed by atoms with Gasteiger partial charge >= 0.3 is 0 Å². The number of aromatic nitrogens is 2. The van der Waals surface area contributed by atoms with E-state index in [-0.39, 0.29) is 36.8 Å². The molecule has 2 heterocycles. The van der Waals surface area contributed by atoms with Crippen molar-refractivity contribution in [3.8, 4) is 0 Å². The van der Waals surface area contributed by atoms with Gasteiger partial charge in [-0.25, -0.2) is 16.8 Å². The van der Waals surface area contributed by atoms with Crippen LogP contribution in [0.1, 0.15) is 18.3 Å². The minimum absolute atomic E-state index is 0.0275. The minimum Gasteiger partial charge on any atom is -0.281 e. The number of rotatable bonds is 4. The van der Waals surface area contributed by atoms with E-state index in [0.717, 1.165) is 0 Å². The van der Waals surface area contributed by atoms with Crippen LogP contribution in [0, 0.1) is 13.8 Å². The molecule has 1 aromatic rings. The monoisotopic (exact) mass is 336 g/mol. The van der Waals surface area contributed by atoms with E-state index in [1.165, 1.54) is 8.61 Å². The van der Waals surface area contributed by atoms with Crippen LogP contribution in [0.25, 0.3) is 0 Å². The Bertz CT molecular complexity index is 696. The van der Waals surface area contributed by atoms with Crippen LogP contribution in [-0.4, -0.2) is 67.6 Å². The molecule has 0 amide bonds. The maximum Gasteiger partial charge on any atom is 0.246 e. The Labute approximate surface area is 125 Å². The van der Waals surface area contributed by atoms with Gasteiger partial charge in [0.2, 0.25) is 20.0 Å². The fourth-order valence-electron chi connectivity index (χ4n) is 2.42. The Morgan fingerprint density at radius 3 is 2.00 bits per heavy atom. The molecule has 21 heavy (non-hydrogen) atoms. The Morgan fingerprint density at radius 2 is 1.57 bits per heavy atom. The van der Waals surface area contributed by atoms with Crippen molar-refractivity contribution in [2.24, 2.45) is 0 Å². The van der Waals surface area contributed by atoms with E-state index in [1.54, 1.807) is 20.8 Å². The van der Waals surface area contributed by atoms with E-state index in [9.17, 15) is 16.8 Å². The van der Waals surface area contributed by atoms with E-state index in [0.29, 0.717) is 11.4 Å². The van der Waals surface area contributed by atoms with Crippen LogP contribution in [0.2, 0.25) is 0 Å². The highest BCUT2D eigenvalue weighted by Gasteiger charge is 2.34. The largest absolute Gasteiger partial charge is 0.281 e. The first-order chi connectivity index (χ1) is 9.70. The lowest BCUT2D eigenvalue weighted by Gasteiger charge is -2.33. The second kappa shape index (κ2) is 5.67. The molecule has 0 spiro atoms. The lowest BCUT2D eigenvalue weighted by atomic mass is 10.4. The van der Waals surface area contributed by atoms with Gasteiger partial charge in [-0.2, -0.15) is 13.7 Å². The SMILES string of the molecule is CCS(=O)(=O)N1CCN(S(=O)(=O)c2c(C)n[nH]c2C)CC1. The van der Waals surface area contributed by atoms with E-state index in [4.69, 9.17) is 0 Å². The lowest BCUT2D eigenvalue weighted by Crippen LogP contribution is -2.50. The summed E-state index contributed by atoms with van der Waals surface area (Å²) in [7, 11) is -6.90. The maximum absolute atomic E-state index is 12.6. The van der Waals surface area contributed by atoms with Gasteiger partial charge in [0.25, 0.3) is 0 Å². The molecule has 1 aliphatic heterocycles. The summed E-state index contributed by atoms with van der Waals surface area (Å²) in [5.74, 6) is 0.0275. The molecule has 0 unspecified atom stereocenters. The molecule has 0 atom stereocenters. The number of nitrogens with one attached hydrogen (secondary N) is 1. The molecule has 1 aromatic heterocycles. The first-order valence-corrected chi connectivity index (χ1v) is 9.74. The Balaban J connectivity index is 2.19. The summed E-state index contributed by atoms with van der Waals surface area (Å²) in [5.41, 5.74) is 0.923. The van der Waals surface area contributed by atoms with Crippen molar-refractivity contribution in [2.75, 3.05) is 31.9 Å². The third kappa shape index (κ3) is 2.98. The molecule has 8 nitrogen and oxygen atoms in total. The summed E-state index contributed by atoms with van der Waals surface area (Å²) in [5, 5.41) is 6.57. The second-order valence-electron chi connectivity index (χ2n) is 4.97. The zero-order valence-electron chi connectivity index (χ0n) is 12.3. The molecule has 0 aliphatic carbocycles. The van der Waals surface area contributed by atoms with Gasteiger partial charge in [0.15, 0.2) is 0 Å². The molecule has 1 N–H and O–H groups in total. The third-order valence-corrected chi connectivity index (χ3v) is 7.66. The fourth-order valence-corrected chi connectivity index (χ4v) is 5.26. The van der Waals surface area contributed by atoms with Gasteiger partial charge in [0, 0.05) is 26.2 Å². The van der Waals surface area contributed by atoms with E-state index in [1.807, 2.05) is 0 Å². The van der Waals surface area contributed by atoms with Gasteiger partial charge in [-0.15, -0.1) is 0 Å². The summed E-state index contributed by atoms with van der Waals surface area (Å²) < 4.78 is 51.5. The van der Waals surface area contributed by atoms with Crippen LogP contribution < -0.4 is 0 Å². The Kier molecular flexibility index (Phi) is 4.43. The summed E-state index contributed by atoms with van der Waals surface area (Å²) in [6.07, 6.45) is 0. The van der Waals surface area contributed by atoms with Crippen molar-refractivity contribution in [3.05, 3.63) is 11.4 Å². The first-order valence-electron chi connectivity index (χ1n) is 6.69. The molecule has 1 saturated heterocycles. The normalized spacial score (nSPS) is 19.0. The molecule has 0 saturated carbocycles. The van der Waals surface area contributed by atoms with Crippen LogP contribution >= 0.6 is 0 Å². The Hall–Kier alpha value is -0.970. The first kappa shape index (κ1) is 16.4. The van der Waals surface area contributed by atoms with E-state index in [2.05, 4.69) is 10.2 Å². The molecular weight excluding hydrogens is 316 g/mol. The molecule has 120 valence electrons. The average molecular weight is 336 g/mol. The molecule has 2 rings (SSSR count). The van der Waals surface area contributed by atoms with Gasteiger partial charge in [-0.3, -0.25) is 5.10 Å². The highest BCUT2D eigenvalue weighted by Crippen LogP contribution is 2.23. The molecular formula is C11H20N4O4S2. The van der Waals surface area contributed by atoms with Crippen molar-refractivity contribution in [2.45, 2.75) is 25.7 Å². The second-order valence-corrected chi connectivity index (χ2v) is 9.10. The predicted octanol–water partition coefficient (Wildman–Crippen LogP) is -0.317. The smallest absolute Gasteiger partial charge is 0.246 e. The van der Waals surface area contributed by atoms with Crippen LogP contribution in [-0.2, 0) is 20.0 Å². The molecule has 0 radical (unpaired) electrons. The fraction of sp³-hybridized carbons (Fsp3) is 0.727. The highest BCUT2D eigenvalue weighted by atomic mass is 32.2.